The van der Waals surface area contributed by atoms with Gasteiger partial charge in [0.05, 0.1) is 30.6 Å². The van der Waals surface area contributed by atoms with Gasteiger partial charge in [0.2, 0.25) is 0 Å². The van der Waals surface area contributed by atoms with E-state index in [2.05, 4.69) is 5.10 Å². The number of ether oxygens (including phenoxy) is 2. The van der Waals surface area contributed by atoms with E-state index in [1.165, 1.54) is 26.2 Å². The van der Waals surface area contributed by atoms with Gasteiger partial charge in [-0.25, -0.2) is 9.07 Å². The summed E-state index contributed by atoms with van der Waals surface area (Å²) < 4.78 is 65.5. The Kier molecular flexibility index (Phi) is 7.11. The van der Waals surface area contributed by atoms with E-state index < -0.39 is 24.2 Å². The van der Waals surface area contributed by atoms with Crippen LogP contribution in [0.15, 0.2) is 60.8 Å². The van der Waals surface area contributed by atoms with Crippen LogP contribution in [0.4, 0.5) is 17.6 Å². The highest BCUT2D eigenvalue weighted by atomic mass is 19.4. The maximum absolute atomic E-state index is 13.3. The van der Waals surface area contributed by atoms with Crippen LogP contribution < -0.4 is 14.8 Å². The van der Waals surface area contributed by atoms with Crippen LogP contribution in [0.3, 0.4) is 0 Å². The summed E-state index contributed by atoms with van der Waals surface area (Å²) in [6.07, 6.45) is -4.37. The summed E-state index contributed by atoms with van der Waals surface area (Å²) in [4.78, 5) is 11.7. The topological polar surface area (TPSA) is 65.4 Å². The molecular weight excluding hydrogens is 490 g/mol. The zero-order valence-electron chi connectivity index (χ0n) is 20.6. The number of hydrogen-bond donors (Lipinski definition) is 1. The summed E-state index contributed by atoms with van der Waals surface area (Å²) in [5.74, 6) is -1.39. The minimum atomic E-state index is -5.03. The Hall–Kier alpha value is -4.08. The van der Waals surface area contributed by atoms with Crippen molar-refractivity contribution in [2.75, 3.05) is 7.11 Å². The number of nitrogens with zero attached hydrogens (tertiary/aromatic N) is 2. The van der Waals surface area contributed by atoms with Crippen molar-refractivity contribution in [3.8, 4) is 17.2 Å². The quantitative estimate of drug-likeness (QED) is 0.308. The monoisotopic (exact) mass is 515 g/mol. The molecule has 0 radical (unpaired) electrons. The highest BCUT2D eigenvalue weighted by molar-refractivity contribution is 5.82. The molecule has 0 spiro atoms. The molecule has 1 N–H and O–H groups in total. The molecule has 0 aliphatic rings. The van der Waals surface area contributed by atoms with Crippen LogP contribution in [0.25, 0.3) is 16.6 Å². The van der Waals surface area contributed by atoms with Gasteiger partial charge in [0.15, 0.2) is 0 Å². The van der Waals surface area contributed by atoms with Crippen molar-refractivity contribution in [3.63, 3.8) is 0 Å². The molecular formula is C27H25F4N3O3. The number of benzene rings is 3. The van der Waals surface area contributed by atoms with E-state index in [0.717, 1.165) is 16.6 Å². The maximum atomic E-state index is 13.3. The Bertz CT molecular complexity index is 1410. The molecule has 37 heavy (non-hydrogen) atoms. The first-order valence-electron chi connectivity index (χ1n) is 11.4. The minimum absolute atomic E-state index is 0.363. The molecule has 0 aliphatic carbocycles. The summed E-state index contributed by atoms with van der Waals surface area (Å²) in [6.45, 7) is 5.09. The second kappa shape index (κ2) is 10.1. The molecule has 6 nitrogen and oxygen atoms in total. The van der Waals surface area contributed by atoms with Gasteiger partial charge in [0.25, 0.3) is 0 Å². The largest absolute Gasteiger partial charge is 0.496 e. The number of fused-ring (bicyclic) bond motifs is 1. The lowest BCUT2D eigenvalue weighted by Crippen LogP contribution is -2.45. The average Bonchev–Trinajstić information content (AvgIpc) is 3.25. The van der Waals surface area contributed by atoms with Gasteiger partial charge < -0.3 is 14.8 Å². The highest BCUT2D eigenvalue weighted by Crippen LogP contribution is 2.33. The van der Waals surface area contributed by atoms with Gasteiger partial charge in [-0.3, -0.25) is 4.79 Å². The number of alkyl halides is 3. The lowest BCUT2D eigenvalue weighted by atomic mass is 9.97. The molecule has 1 heterocycles. The van der Waals surface area contributed by atoms with Crippen LogP contribution >= 0.6 is 0 Å². The predicted molar refractivity (Wildman–Crippen MR) is 131 cm³/mol. The second-order valence-corrected chi connectivity index (χ2v) is 8.74. The van der Waals surface area contributed by atoms with E-state index in [9.17, 15) is 22.4 Å². The van der Waals surface area contributed by atoms with Crippen molar-refractivity contribution in [3.05, 3.63) is 83.3 Å². The Balaban J connectivity index is 1.69. The first-order valence-corrected chi connectivity index (χ1v) is 11.4. The first kappa shape index (κ1) is 26.0. The normalized spacial score (nSPS) is 13.3. The fourth-order valence-corrected chi connectivity index (χ4v) is 4.31. The summed E-state index contributed by atoms with van der Waals surface area (Å²) in [5, 5.41) is 7.07. The summed E-state index contributed by atoms with van der Waals surface area (Å²) in [6, 6.07) is 13.5. The van der Waals surface area contributed by atoms with Crippen molar-refractivity contribution in [2.45, 2.75) is 39.1 Å². The number of methoxy groups -OCH3 is 1. The smallest absolute Gasteiger partial charge is 0.471 e. The number of amides is 1. The fourth-order valence-electron chi connectivity index (χ4n) is 4.31. The third kappa shape index (κ3) is 5.52. The molecule has 1 amide bonds. The van der Waals surface area contributed by atoms with E-state index in [0.29, 0.717) is 28.1 Å². The molecule has 194 valence electrons. The standard InChI is InChI=1S/C27H25F4N3O3/c1-15-11-18(12-16(2)24(15)36-4)25(17(3)33-26(35)27(29,30)31)37-22-9-10-23-19(13-22)14-32-34(23)21-7-5-20(28)6-8-21/h5-14,17,25H,1-4H3,(H,33,35). The lowest BCUT2D eigenvalue weighted by Gasteiger charge is -2.28. The van der Waals surface area contributed by atoms with Gasteiger partial charge in [-0.15, -0.1) is 0 Å². The fraction of sp³-hybridized carbons (Fsp3) is 0.259. The van der Waals surface area contributed by atoms with Crippen LogP contribution in [0.5, 0.6) is 11.5 Å². The number of aromatic nitrogens is 2. The Labute approximate surface area is 210 Å². The van der Waals surface area contributed by atoms with Gasteiger partial charge in [-0.05, 0) is 92.1 Å². The van der Waals surface area contributed by atoms with Crippen molar-refractivity contribution in [2.24, 2.45) is 0 Å². The third-order valence-electron chi connectivity index (χ3n) is 5.96. The van der Waals surface area contributed by atoms with Crippen LogP contribution in [0.1, 0.15) is 29.7 Å². The SMILES string of the molecule is COc1c(C)cc(C(Oc2ccc3c(cnn3-c3ccc(F)cc3)c2)C(C)NC(=O)C(F)(F)F)cc1C. The number of nitrogens with one attached hydrogen (secondary N) is 1. The maximum Gasteiger partial charge on any atom is 0.471 e. The molecule has 2 atom stereocenters. The molecule has 0 aliphatic heterocycles. The lowest BCUT2D eigenvalue weighted by molar-refractivity contribution is -0.174. The number of carbonyl (C=O) groups excluding carboxylic acids is 1. The molecule has 0 saturated heterocycles. The van der Waals surface area contributed by atoms with E-state index in [-0.39, 0.29) is 5.82 Å². The van der Waals surface area contributed by atoms with Gasteiger partial charge >= 0.3 is 12.1 Å². The molecule has 2 unspecified atom stereocenters. The van der Waals surface area contributed by atoms with Crippen LogP contribution in [-0.4, -0.2) is 35.0 Å². The zero-order valence-corrected chi connectivity index (χ0v) is 20.6. The summed E-state index contributed by atoms with van der Waals surface area (Å²) in [5.41, 5.74) is 3.52. The van der Waals surface area contributed by atoms with E-state index in [1.807, 2.05) is 19.2 Å². The van der Waals surface area contributed by atoms with E-state index in [1.54, 1.807) is 53.3 Å². The van der Waals surface area contributed by atoms with Gasteiger partial charge in [0.1, 0.15) is 23.4 Å². The van der Waals surface area contributed by atoms with Crippen molar-refractivity contribution in [1.82, 2.24) is 15.1 Å². The number of rotatable bonds is 7. The molecule has 3 aromatic carbocycles. The Morgan fingerprint density at radius 3 is 2.27 bits per heavy atom. The van der Waals surface area contributed by atoms with Crippen LogP contribution in [-0.2, 0) is 4.79 Å². The number of carbonyl (C=O) groups is 1. The highest BCUT2D eigenvalue weighted by Gasteiger charge is 2.40. The van der Waals surface area contributed by atoms with Gasteiger partial charge in [-0.1, -0.05) is 0 Å². The molecule has 1 aromatic heterocycles. The molecule has 0 fully saturated rings. The van der Waals surface area contributed by atoms with E-state index >= 15 is 0 Å². The minimum Gasteiger partial charge on any atom is -0.496 e. The zero-order chi connectivity index (χ0) is 26.9. The molecule has 10 heteroatoms. The van der Waals surface area contributed by atoms with E-state index in [4.69, 9.17) is 9.47 Å². The molecule has 4 aromatic rings. The number of halogens is 4. The molecule has 0 saturated carbocycles. The van der Waals surface area contributed by atoms with Crippen molar-refractivity contribution < 1.29 is 31.8 Å². The first-order chi connectivity index (χ1) is 17.5. The van der Waals surface area contributed by atoms with Gasteiger partial charge in [0, 0.05) is 5.39 Å². The Morgan fingerprint density at radius 2 is 1.68 bits per heavy atom. The number of hydrogen-bond acceptors (Lipinski definition) is 4. The van der Waals surface area contributed by atoms with Gasteiger partial charge in [-0.2, -0.15) is 18.3 Å². The van der Waals surface area contributed by atoms with Crippen LogP contribution in [0, 0.1) is 19.7 Å². The van der Waals surface area contributed by atoms with Crippen LogP contribution in [0.2, 0.25) is 0 Å². The molecule has 0 bridgehead atoms. The average molecular weight is 516 g/mol. The summed E-state index contributed by atoms with van der Waals surface area (Å²) >= 11 is 0. The second-order valence-electron chi connectivity index (χ2n) is 8.74. The van der Waals surface area contributed by atoms with Crippen molar-refractivity contribution in [1.29, 1.82) is 0 Å². The third-order valence-corrected chi connectivity index (χ3v) is 5.96. The summed E-state index contributed by atoms with van der Waals surface area (Å²) in [7, 11) is 1.54. The Morgan fingerprint density at radius 1 is 1.03 bits per heavy atom. The molecule has 4 rings (SSSR count). The number of aryl methyl sites for hydroxylation is 2. The van der Waals surface area contributed by atoms with Crippen molar-refractivity contribution >= 4 is 16.8 Å². The predicted octanol–water partition coefficient (Wildman–Crippen LogP) is 5.98.